The van der Waals surface area contributed by atoms with Crippen LogP contribution >= 0.6 is 24.8 Å². The van der Waals surface area contributed by atoms with Crippen LogP contribution in [0.5, 0.6) is 0 Å². The fourth-order valence-corrected chi connectivity index (χ4v) is 15.4. The predicted molar refractivity (Wildman–Crippen MR) is 126 cm³/mol. The Balaban J connectivity index is 0.00000140. The predicted octanol–water partition coefficient (Wildman–Crippen LogP) is 7.98. The van der Waals surface area contributed by atoms with Gasteiger partial charge in [0.25, 0.3) is 0 Å². The summed E-state index contributed by atoms with van der Waals surface area (Å²) in [5.74, 6) is 0.642. The van der Waals surface area contributed by atoms with Crippen molar-refractivity contribution < 1.29 is 19.8 Å². The summed E-state index contributed by atoms with van der Waals surface area (Å²) in [4.78, 5) is 0. The maximum absolute atomic E-state index is 2.75. The Morgan fingerprint density at radius 2 is 1.75 bits per heavy atom. The van der Waals surface area contributed by atoms with Crippen LogP contribution in [-0.4, -0.2) is 3.71 Å². The Bertz CT molecular complexity index is 869. The van der Waals surface area contributed by atoms with Crippen LogP contribution < -0.4 is 0 Å². The fraction of sp³-hybridized carbons (Fsp3) is 0.400. The topological polar surface area (TPSA) is 0 Å². The monoisotopic (exact) mass is 493 g/mol. The number of benzene rings is 1. The molecule has 0 radical (unpaired) electrons. The van der Waals surface area contributed by atoms with Crippen LogP contribution in [0.1, 0.15) is 51.5 Å². The molecule has 3 aliphatic rings. The zero-order valence-electron chi connectivity index (χ0n) is 17.3. The van der Waals surface area contributed by atoms with Crippen molar-refractivity contribution in [1.29, 1.82) is 0 Å². The number of hydrogen-bond donors (Lipinski definition) is 0. The van der Waals surface area contributed by atoms with Gasteiger partial charge in [-0.05, 0) is 0 Å². The Morgan fingerprint density at radius 3 is 2.43 bits per heavy atom. The van der Waals surface area contributed by atoms with Gasteiger partial charge in [-0.25, -0.2) is 0 Å². The van der Waals surface area contributed by atoms with Crippen molar-refractivity contribution in [3.05, 3.63) is 80.2 Å². The fourth-order valence-electron chi connectivity index (χ4n) is 4.99. The van der Waals surface area contributed by atoms with Gasteiger partial charge in [0.1, 0.15) is 0 Å². The summed E-state index contributed by atoms with van der Waals surface area (Å²) < 4.78 is 7.95. The van der Waals surface area contributed by atoms with Crippen molar-refractivity contribution in [2.45, 2.75) is 54.2 Å². The zero-order valence-corrected chi connectivity index (χ0v) is 21.4. The van der Waals surface area contributed by atoms with Gasteiger partial charge in [-0.3, -0.25) is 0 Å². The molecule has 1 aromatic carbocycles. The van der Waals surface area contributed by atoms with Crippen molar-refractivity contribution >= 4 is 28.5 Å². The van der Waals surface area contributed by atoms with Gasteiger partial charge in [0, 0.05) is 0 Å². The van der Waals surface area contributed by atoms with Gasteiger partial charge >= 0.3 is 164 Å². The van der Waals surface area contributed by atoms with Crippen molar-refractivity contribution in [3.63, 3.8) is 0 Å². The summed E-state index contributed by atoms with van der Waals surface area (Å²) in [6.45, 7) is 4.66. The molecule has 0 N–H and O–H groups in total. The maximum atomic E-state index is 2.75. The van der Waals surface area contributed by atoms with E-state index in [1.807, 2.05) is 0 Å². The second-order valence-electron chi connectivity index (χ2n) is 8.66. The van der Waals surface area contributed by atoms with Crippen LogP contribution in [0.15, 0.2) is 74.6 Å². The van der Waals surface area contributed by atoms with Crippen LogP contribution in [0.3, 0.4) is 0 Å². The van der Waals surface area contributed by atoms with E-state index < -0.39 is 19.8 Å². The second-order valence-corrected chi connectivity index (χ2v) is 18.8. The molecule has 0 saturated carbocycles. The van der Waals surface area contributed by atoms with Gasteiger partial charge < -0.3 is 0 Å². The first-order valence-corrected chi connectivity index (χ1v) is 16.8. The molecule has 0 amide bonds. The average Bonchev–Trinajstić information content (AvgIpc) is 3.30. The minimum atomic E-state index is -2.72. The largest absolute Gasteiger partial charge is 0.147 e. The van der Waals surface area contributed by atoms with E-state index in [2.05, 4.69) is 76.8 Å². The molecule has 0 aromatic heterocycles. The van der Waals surface area contributed by atoms with Gasteiger partial charge in [-0.1, -0.05) is 0 Å². The van der Waals surface area contributed by atoms with Crippen LogP contribution in [0.4, 0.5) is 0 Å². The number of halogens is 2. The van der Waals surface area contributed by atoms with Gasteiger partial charge in [0.15, 0.2) is 0 Å². The van der Waals surface area contributed by atoms with E-state index >= 15 is 0 Å². The molecule has 3 aliphatic carbocycles. The molecule has 2 atom stereocenters. The molecule has 0 nitrogen and oxygen atoms in total. The minimum absolute atomic E-state index is 0. The van der Waals surface area contributed by atoms with E-state index in [-0.39, 0.29) is 24.8 Å². The first kappa shape index (κ1) is 23.8. The Hall–Kier alpha value is -0.487. The molecule has 0 saturated heterocycles. The van der Waals surface area contributed by atoms with E-state index in [4.69, 9.17) is 0 Å². The molecule has 0 aliphatic heterocycles. The minimum Gasteiger partial charge on any atom is -0.147 e. The van der Waals surface area contributed by atoms with Crippen molar-refractivity contribution in [2.75, 3.05) is 0 Å². The van der Waals surface area contributed by atoms with E-state index in [0.717, 1.165) is 3.63 Å². The number of rotatable bonds is 4. The van der Waals surface area contributed by atoms with Crippen molar-refractivity contribution in [2.24, 2.45) is 5.92 Å². The summed E-state index contributed by atoms with van der Waals surface area (Å²) in [7, 11) is 0. The molecule has 4 rings (SSSR count). The molecule has 0 bridgehead atoms. The quantitative estimate of drug-likeness (QED) is 0.397. The number of hydrogen-bond acceptors (Lipinski definition) is 0. The summed E-state index contributed by atoms with van der Waals surface area (Å²) in [6.07, 6.45) is 16.8. The zero-order chi connectivity index (χ0) is 18.1. The van der Waals surface area contributed by atoms with Gasteiger partial charge in [0.05, 0.1) is 0 Å². The smallest absolute Gasteiger partial charge is 0.147 e. The van der Waals surface area contributed by atoms with Crippen LogP contribution in [0, 0.1) is 5.92 Å². The third-order valence-electron chi connectivity index (χ3n) is 6.59. The first-order chi connectivity index (χ1) is 12.6. The van der Waals surface area contributed by atoms with Crippen LogP contribution in [-0.2, 0) is 19.8 Å². The summed E-state index contributed by atoms with van der Waals surface area (Å²) in [5, 5.41) is 0. The molecule has 0 heterocycles. The first-order valence-electron chi connectivity index (χ1n) is 10.3. The average molecular weight is 496 g/mol. The van der Waals surface area contributed by atoms with Gasteiger partial charge in [-0.2, -0.15) is 0 Å². The molecular formula is C25H33Cl2Zr. The second kappa shape index (κ2) is 10.0. The van der Waals surface area contributed by atoms with E-state index in [1.165, 1.54) is 37.7 Å². The molecule has 1 aromatic rings. The van der Waals surface area contributed by atoms with E-state index in [1.54, 1.807) is 20.0 Å². The molecule has 0 spiro atoms. The van der Waals surface area contributed by atoms with E-state index in [0.29, 0.717) is 5.92 Å². The number of allylic oxidation sites excluding steroid dienone is 8. The van der Waals surface area contributed by atoms with Crippen LogP contribution in [0.25, 0.3) is 0 Å². The SMILES string of the molecule is CC(C)C1=CC[C]([Zr]([CH3])(=[CH]c2ccccc2)[CH]2C=CC3=C2CCCC3)=C1.Cl.Cl. The molecule has 2 unspecified atom stereocenters. The van der Waals surface area contributed by atoms with Crippen LogP contribution in [0.2, 0.25) is 8.26 Å². The normalized spacial score (nSPS) is 22.6. The van der Waals surface area contributed by atoms with E-state index in [9.17, 15) is 0 Å². The van der Waals surface area contributed by atoms with Crippen molar-refractivity contribution in [1.82, 2.24) is 0 Å². The Morgan fingerprint density at radius 1 is 1.04 bits per heavy atom. The summed E-state index contributed by atoms with van der Waals surface area (Å²) in [5.41, 5.74) is 6.48. The van der Waals surface area contributed by atoms with Crippen molar-refractivity contribution in [3.8, 4) is 0 Å². The maximum Gasteiger partial charge on any atom is -0.147 e. The molecular weight excluding hydrogens is 462 g/mol. The summed E-state index contributed by atoms with van der Waals surface area (Å²) >= 11 is -2.72. The standard InChI is InChI=1S/C9H11.C8H11.C7H6.CH3.2ClH.Zr/c1-2-5-9-7-3-6-8(9)4-1;1-7(2)8-5-3-4-6-8;1-7-5-3-2-4-6-7;;;;/h3,6-7H,1-2,4-5H2;5-7H,3H2,1-2H3;1-6H;1H3;2*1H;. The van der Waals surface area contributed by atoms with Gasteiger partial charge in [0.2, 0.25) is 0 Å². The molecule has 3 heteroatoms. The third-order valence-corrected chi connectivity index (χ3v) is 17.6. The van der Waals surface area contributed by atoms with Gasteiger partial charge in [-0.15, -0.1) is 24.8 Å². The molecule has 28 heavy (non-hydrogen) atoms. The Kier molecular flexibility index (Phi) is 8.51. The third kappa shape index (κ3) is 4.63. The summed E-state index contributed by atoms with van der Waals surface area (Å²) in [6, 6.07) is 11.1. The molecule has 0 fully saturated rings. The molecule has 151 valence electrons. The Labute approximate surface area is 187 Å².